The number of benzene rings is 1. The van der Waals surface area contributed by atoms with Gasteiger partial charge in [0.2, 0.25) is 0 Å². The Balaban J connectivity index is 2.44. The second-order valence-electron chi connectivity index (χ2n) is 3.70. The summed E-state index contributed by atoms with van der Waals surface area (Å²) in [5.74, 6) is 0. The minimum Gasteiger partial charge on any atom is -0.395 e. The smallest absolute Gasteiger partial charge is 0.0584 e. The lowest BCUT2D eigenvalue weighted by molar-refractivity contribution is 0.242. The van der Waals surface area contributed by atoms with Gasteiger partial charge in [0.05, 0.1) is 6.61 Å². The van der Waals surface area contributed by atoms with Gasteiger partial charge in [-0.3, -0.25) is 0 Å². The molecule has 0 spiro atoms. The van der Waals surface area contributed by atoms with Crippen molar-refractivity contribution in [2.24, 2.45) is 0 Å². The van der Waals surface area contributed by atoms with Crippen LogP contribution in [0.1, 0.15) is 17.5 Å². The monoisotopic (exact) mass is 193 g/mol. The molecule has 0 aliphatic heterocycles. The van der Waals surface area contributed by atoms with Gasteiger partial charge in [-0.1, -0.05) is 29.8 Å². The van der Waals surface area contributed by atoms with E-state index >= 15 is 0 Å². The summed E-state index contributed by atoms with van der Waals surface area (Å²) in [5.41, 5.74) is 2.64. The van der Waals surface area contributed by atoms with Crippen molar-refractivity contribution in [3.05, 3.63) is 35.4 Å². The number of aryl methyl sites for hydroxylation is 2. The van der Waals surface area contributed by atoms with Crippen LogP contribution in [0.4, 0.5) is 0 Å². The summed E-state index contributed by atoms with van der Waals surface area (Å²) in [5, 5.41) is 12.1. The predicted molar refractivity (Wildman–Crippen MR) is 59.4 cm³/mol. The van der Waals surface area contributed by atoms with Crippen molar-refractivity contribution >= 4 is 0 Å². The molecule has 1 atom stereocenters. The van der Waals surface area contributed by atoms with Crippen LogP contribution in [0.15, 0.2) is 24.3 Å². The molecule has 0 saturated heterocycles. The van der Waals surface area contributed by atoms with Crippen LogP contribution in [0.5, 0.6) is 0 Å². The minimum atomic E-state index is 0.211. The molecule has 0 bridgehead atoms. The maximum atomic E-state index is 9.00. The van der Waals surface area contributed by atoms with Crippen LogP contribution in [0.25, 0.3) is 0 Å². The van der Waals surface area contributed by atoms with Crippen molar-refractivity contribution in [2.45, 2.75) is 25.8 Å². The molecule has 78 valence electrons. The van der Waals surface area contributed by atoms with E-state index in [9.17, 15) is 0 Å². The number of hydrogen-bond acceptors (Lipinski definition) is 2. The number of rotatable bonds is 5. The first-order valence-electron chi connectivity index (χ1n) is 5.10. The average molecular weight is 193 g/mol. The highest BCUT2D eigenvalue weighted by atomic mass is 16.3. The number of nitrogens with one attached hydrogen (secondary N) is 1. The van der Waals surface area contributed by atoms with E-state index in [-0.39, 0.29) is 12.6 Å². The summed E-state index contributed by atoms with van der Waals surface area (Å²) in [6, 6.07) is 8.74. The van der Waals surface area contributed by atoms with Crippen LogP contribution < -0.4 is 5.32 Å². The zero-order chi connectivity index (χ0) is 10.4. The van der Waals surface area contributed by atoms with Gasteiger partial charge in [-0.2, -0.15) is 0 Å². The van der Waals surface area contributed by atoms with Gasteiger partial charge in [0.25, 0.3) is 0 Å². The van der Waals surface area contributed by atoms with Gasteiger partial charge < -0.3 is 10.4 Å². The second kappa shape index (κ2) is 5.78. The molecule has 1 rings (SSSR count). The third kappa shape index (κ3) is 3.48. The normalized spacial score (nSPS) is 12.8. The van der Waals surface area contributed by atoms with Crippen LogP contribution >= 0.6 is 0 Å². The number of hydrogen-bond donors (Lipinski definition) is 2. The first-order valence-corrected chi connectivity index (χ1v) is 5.10. The summed E-state index contributed by atoms with van der Waals surface area (Å²) >= 11 is 0. The van der Waals surface area contributed by atoms with E-state index in [4.69, 9.17) is 5.11 Å². The average Bonchev–Trinajstić information content (AvgIpc) is 2.19. The van der Waals surface area contributed by atoms with Gasteiger partial charge in [0.1, 0.15) is 0 Å². The summed E-state index contributed by atoms with van der Waals surface area (Å²) in [6.07, 6.45) is 2.00. The molecule has 1 unspecified atom stereocenters. The third-order valence-corrected chi connectivity index (χ3v) is 2.49. The predicted octanol–water partition coefficient (Wildman–Crippen LogP) is 1.51. The van der Waals surface area contributed by atoms with Crippen LogP contribution in [-0.4, -0.2) is 24.8 Å². The fourth-order valence-corrected chi connectivity index (χ4v) is 1.54. The lowest BCUT2D eigenvalue weighted by Crippen LogP contribution is -2.29. The lowest BCUT2D eigenvalue weighted by atomic mass is 10.0. The van der Waals surface area contributed by atoms with E-state index in [0.717, 1.165) is 12.8 Å². The Bertz CT molecular complexity index is 269. The van der Waals surface area contributed by atoms with Crippen molar-refractivity contribution in [1.29, 1.82) is 0 Å². The zero-order valence-electron chi connectivity index (χ0n) is 8.96. The number of likely N-dealkylation sites (N-methyl/N-ethyl adjacent to an activating group) is 1. The second-order valence-corrected chi connectivity index (χ2v) is 3.70. The Hall–Kier alpha value is -0.860. The fourth-order valence-electron chi connectivity index (χ4n) is 1.54. The molecule has 2 N–H and O–H groups in total. The summed E-state index contributed by atoms with van der Waals surface area (Å²) in [7, 11) is 1.89. The maximum Gasteiger partial charge on any atom is 0.0584 e. The van der Waals surface area contributed by atoms with Gasteiger partial charge in [-0.05, 0) is 32.4 Å². The molecular weight excluding hydrogens is 174 g/mol. The molecule has 0 heterocycles. The molecule has 0 aliphatic rings. The Morgan fingerprint density at radius 2 is 2.21 bits per heavy atom. The molecular formula is C12H19NO. The van der Waals surface area contributed by atoms with Crippen molar-refractivity contribution in [1.82, 2.24) is 5.32 Å². The molecule has 1 aromatic rings. The molecule has 0 radical (unpaired) electrons. The van der Waals surface area contributed by atoms with E-state index in [0.29, 0.717) is 0 Å². The van der Waals surface area contributed by atoms with Crippen LogP contribution in [0.2, 0.25) is 0 Å². The molecule has 14 heavy (non-hydrogen) atoms. The van der Waals surface area contributed by atoms with Crippen molar-refractivity contribution in [2.75, 3.05) is 13.7 Å². The zero-order valence-corrected chi connectivity index (χ0v) is 8.96. The van der Waals surface area contributed by atoms with Crippen LogP contribution in [0.3, 0.4) is 0 Å². The SMILES string of the molecule is CNC(CO)CCc1cccc(C)c1. The van der Waals surface area contributed by atoms with E-state index in [1.165, 1.54) is 11.1 Å². The fraction of sp³-hybridized carbons (Fsp3) is 0.500. The van der Waals surface area contributed by atoms with Crippen molar-refractivity contribution < 1.29 is 5.11 Å². The Morgan fingerprint density at radius 3 is 2.79 bits per heavy atom. The maximum absolute atomic E-state index is 9.00. The van der Waals surface area contributed by atoms with Gasteiger partial charge in [0, 0.05) is 6.04 Å². The molecule has 2 heteroatoms. The van der Waals surface area contributed by atoms with Crippen LogP contribution in [0, 0.1) is 6.92 Å². The third-order valence-electron chi connectivity index (χ3n) is 2.49. The Kier molecular flexibility index (Phi) is 4.63. The molecule has 0 amide bonds. The summed E-state index contributed by atoms with van der Waals surface area (Å²) in [6.45, 7) is 2.31. The summed E-state index contributed by atoms with van der Waals surface area (Å²) < 4.78 is 0. The summed E-state index contributed by atoms with van der Waals surface area (Å²) in [4.78, 5) is 0. The van der Waals surface area contributed by atoms with E-state index in [1.54, 1.807) is 0 Å². The van der Waals surface area contributed by atoms with Gasteiger partial charge in [-0.15, -0.1) is 0 Å². The lowest BCUT2D eigenvalue weighted by Gasteiger charge is -2.12. The van der Waals surface area contributed by atoms with Gasteiger partial charge >= 0.3 is 0 Å². The largest absolute Gasteiger partial charge is 0.395 e. The molecule has 1 aromatic carbocycles. The van der Waals surface area contributed by atoms with E-state index < -0.39 is 0 Å². The molecule has 0 fully saturated rings. The molecule has 0 aliphatic carbocycles. The number of aliphatic hydroxyl groups excluding tert-OH is 1. The van der Waals surface area contributed by atoms with Gasteiger partial charge in [-0.25, -0.2) is 0 Å². The highest BCUT2D eigenvalue weighted by molar-refractivity contribution is 5.22. The first-order chi connectivity index (χ1) is 6.76. The molecule has 0 aromatic heterocycles. The highest BCUT2D eigenvalue weighted by Gasteiger charge is 2.03. The Labute approximate surface area is 86.0 Å². The number of aliphatic hydroxyl groups is 1. The van der Waals surface area contributed by atoms with Crippen LogP contribution in [-0.2, 0) is 6.42 Å². The van der Waals surface area contributed by atoms with E-state index in [1.807, 2.05) is 7.05 Å². The minimum absolute atomic E-state index is 0.211. The molecule has 0 saturated carbocycles. The van der Waals surface area contributed by atoms with E-state index in [2.05, 4.69) is 36.5 Å². The highest BCUT2D eigenvalue weighted by Crippen LogP contribution is 2.07. The van der Waals surface area contributed by atoms with Crippen molar-refractivity contribution in [3.63, 3.8) is 0 Å². The van der Waals surface area contributed by atoms with Gasteiger partial charge in [0.15, 0.2) is 0 Å². The quantitative estimate of drug-likeness (QED) is 0.743. The first kappa shape index (κ1) is 11.2. The Morgan fingerprint density at radius 1 is 1.43 bits per heavy atom. The topological polar surface area (TPSA) is 32.3 Å². The van der Waals surface area contributed by atoms with Crippen molar-refractivity contribution in [3.8, 4) is 0 Å². The standard InChI is InChI=1S/C12H19NO/c1-10-4-3-5-11(8-10)6-7-12(9-14)13-2/h3-5,8,12-14H,6-7,9H2,1-2H3. The molecule has 2 nitrogen and oxygen atoms in total.